The Labute approximate surface area is 212 Å². The molecule has 3 heteroatoms. The van der Waals surface area contributed by atoms with Crippen LogP contribution in [0.25, 0.3) is 0 Å². The molecule has 2 nitrogen and oxygen atoms in total. The molecular formula is C32H36O2Si. The number of hydrogen-bond donors (Lipinski definition) is 0. The van der Waals surface area contributed by atoms with Gasteiger partial charge in [-0.05, 0) is 28.8 Å². The topological polar surface area (TPSA) is 18.5 Å². The van der Waals surface area contributed by atoms with Crippen LogP contribution in [0.1, 0.15) is 49.9 Å². The van der Waals surface area contributed by atoms with Crippen LogP contribution in [0.15, 0.2) is 115 Å². The second kappa shape index (κ2) is 11.5. The van der Waals surface area contributed by atoms with Crippen LogP contribution < -0.4 is 4.74 Å². The Balaban J connectivity index is 1.70. The molecule has 0 N–H and O–H groups in total. The van der Waals surface area contributed by atoms with Crippen molar-refractivity contribution in [2.75, 3.05) is 0 Å². The minimum absolute atomic E-state index is 0.626. The Bertz CT molecular complexity index is 1050. The van der Waals surface area contributed by atoms with Crippen molar-refractivity contribution in [2.45, 2.75) is 51.0 Å². The summed E-state index contributed by atoms with van der Waals surface area (Å²) in [5.41, 5.74) is 4.94. The van der Waals surface area contributed by atoms with Gasteiger partial charge >= 0.3 is 0 Å². The van der Waals surface area contributed by atoms with Crippen molar-refractivity contribution in [3.8, 4) is 5.75 Å². The Morgan fingerprint density at radius 2 is 0.971 bits per heavy atom. The number of ether oxygens (including phenoxy) is 1. The molecule has 0 aliphatic heterocycles. The minimum atomic E-state index is -1.25. The summed E-state index contributed by atoms with van der Waals surface area (Å²) in [5, 5.41) is 0. The molecule has 4 aromatic rings. The van der Waals surface area contributed by atoms with Crippen LogP contribution >= 0.6 is 0 Å². The highest BCUT2D eigenvalue weighted by Gasteiger charge is 2.38. The third-order valence-corrected chi connectivity index (χ3v) is 9.67. The molecule has 0 radical (unpaired) electrons. The van der Waals surface area contributed by atoms with Gasteiger partial charge < -0.3 is 9.16 Å². The Morgan fingerprint density at radius 3 is 1.34 bits per heavy atom. The lowest BCUT2D eigenvalue weighted by Gasteiger charge is -2.36. The van der Waals surface area contributed by atoms with Crippen LogP contribution in [-0.4, -0.2) is 9.04 Å². The predicted molar refractivity (Wildman–Crippen MR) is 148 cm³/mol. The molecule has 0 amide bonds. The van der Waals surface area contributed by atoms with Crippen molar-refractivity contribution in [3.63, 3.8) is 0 Å². The maximum absolute atomic E-state index is 6.99. The number of hydrogen-bond acceptors (Lipinski definition) is 2. The largest absolute Gasteiger partial charge is 0.473 e. The fraction of sp³-hybridized carbons (Fsp3) is 0.250. The van der Waals surface area contributed by atoms with Crippen LogP contribution in [0.3, 0.4) is 0 Å². The third-order valence-electron chi connectivity index (χ3n) is 6.49. The summed E-state index contributed by atoms with van der Waals surface area (Å²) >= 11 is 0. The maximum atomic E-state index is 6.99. The van der Waals surface area contributed by atoms with Gasteiger partial charge in [0.1, 0.15) is 5.75 Å². The molecule has 0 saturated heterocycles. The smallest absolute Gasteiger partial charge is 0.184 e. The molecule has 35 heavy (non-hydrogen) atoms. The predicted octanol–water partition coefficient (Wildman–Crippen LogP) is 8.12. The van der Waals surface area contributed by atoms with Crippen LogP contribution in [0.2, 0.25) is 11.1 Å². The van der Waals surface area contributed by atoms with Crippen molar-refractivity contribution in [1.29, 1.82) is 0 Å². The Hall–Kier alpha value is -3.14. The molecule has 0 atom stereocenters. The molecule has 0 aliphatic carbocycles. The highest BCUT2D eigenvalue weighted by atomic mass is 28.3. The van der Waals surface area contributed by atoms with Crippen molar-refractivity contribution < 1.29 is 9.16 Å². The number of rotatable bonds is 10. The summed E-state index contributed by atoms with van der Waals surface area (Å²) in [4.78, 5) is 0. The van der Waals surface area contributed by atoms with E-state index in [0.29, 0.717) is 17.7 Å². The van der Waals surface area contributed by atoms with E-state index in [4.69, 9.17) is 9.16 Å². The summed E-state index contributed by atoms with van der Waals surface area (Å²) in [6, 6.07) is 39.8. The summed E-state index contributed by atoms with van der Waals surface area (Å²) in [6.07, 6.45) is 0. The van der Waals surface area contributed by atoms with E-state index in [2.05, 4.69) is 125 Å². The van der Waals surface area contributed by atoms with E-state index < -0.39 is 14.6 Å². The molecule has 0 bridgehead atoms. The summed E-state index contributed by atoms with van der Waals surface area (Å²) in [5.74, 6) is 0.826. The van der Waals surface area contributed by atoms with Crippen molar-refractivity contribution in [3.05, 3.63) is 138 Å². The van der Waals surface area contributed by atoms with Crippen LogP contribution in [0, 0.1) is 0 Å². The molecule has 0 spiro atoms. The average molecular weight is 481 g/mol. The fourth-order valence-corrected chi connectivity index (χ4v) is 7.57. The van der Waals surface area contributed by atoms with E-state index in [9.17, 15) is 0 Å². The fourth-order valence-electron chi connectivity index (χ4n) is 4.87. The van der Waals surface area contributed by atoms with Gasteiger partial charge in [0, 0.05) is 16.7 Å². The minimum Gasteiger partial charge on any atom is -0.473 e. The first-order valence-electron chi connectivity index (χ1n) is 12.6. The standard InChI is InChI=1S/C32H36O2Si/c1-25(2)35(26(3)4)33-24-27-20-22-31(23-21-27)34-32(28-14-8-5-9-15-28,29-16-10-6-11-17-29)30-18-12-7-13-19-30/h5-23,25-26,35H,24H2,1-4H3. The van der Waals surface area contributed by atoms with Gasteiger partial charge in [-0.25, -0.2) is 0 Å². The molecule has 0 heterocycles. The highest BCUT2D eigenvalue weighted by molar-refractivity contribution is 6.54. The molecule has 0 fully saturated rings. The van der Waals surface area contributed by atoms with Crippen molar-refractivity contribution in [1.82, 2.24) is 0 Å². The van der Waals surface area contributed by atoms with Crippen molar-refractivity contribution in [2.24, 2.45) is 0 Å². The molecule has 0 saturated carbocycles. The lowest BCUT2D eigenvalue weighted by molar-refractivity contribution is 0.155. The van der Waals surface area contributed by atoms with Gasteiger partial charge in [0.15, 0.2) is 14.6 Å². The van der Waals surface area contributed by atoms with E-state index >= 15 is 0 Å². The summed E-state index contributed by atoms with van der Waals surface area (Å²) in [7, 11) is -1.25. The van der Waals surface area contributed by atoms with Gasteiger partial charge in [-0.2, -0.15) is 0 Å². The summed E-state index contributed by atoms with van der Waals surface area (Å²) < 4.78 is 13.4. The first-order valence-corrected chi connectivity index (χ1v) is 14.4. The van der Waals surface area contributed by atoms with Gasteiger partial charge in [0.2, 0.25) is 0 Å². The maximum Gasteiger partial charge on any atom is 0.184 e. The zero-order chi connectivity index (χ0) is 24.7. The molecule has 4 aromatic carbocycles. The normalized spacial score (nSPS) is 11.9. The first-order chi connectivity index (χ1) is 17.0. The van der Waals surface area contributed by atoms with Gasteiger partial charge in [-0.3, -0.25) is 0 Å². The van der Waals surface area contributed by atoms with Gasteiger partial charge in [0.05, 0.1) is 6.61 Å². The van der Waals surface area contributed by atoms with E-state index in [1.807, 2.05) is 18.2 Å². The molecule has 4 rings (SSSR count). The first kappa shape index (κ1) is 25.0. The van der Waals surface area contributed by atoms with Gasteiger partial charge in [0.25, 0.3) is 0 Å². The monoisotopic (exact) mass is 480 g/mol. The molecule has 0 unspecified atom stereocenters. The van der Waals surface area contributed by atoms with Crippen LogP contribution in [-0.2, 0) is 16.6 Å². The second-order valence-electron chi connectivity index (χ2n) is 9.79. The zero-order valence-corrected chi connectivity index (χ0v) is 22.4. The van der Waals surface area contributed by atoms with Crippen LogP contribution in [0.5, 0.6) is 5.75 Å². The average Bonchev–Trinajstić information content (AvgIpc) is 2.89. The molecule has 0 aliphatic rings. The molecular weight excluding hydrogens is 444 g/mol. The van der Waals surface area contributed by atoms with Crippen molar-refractivity contribution >= 4 is 9.04 Å². The second-order valence-corrected chi connectivity index (χ2v) is 13.7. The number of benzene rings is 4. The molecule has 180 valence electrons. The lowest BCUT2D eigenvalue weighted by atomic mass is 9.80. The van der Waals surface area contributed by atoms with E-state index in [0.717, 1.165) is 22.4 Å². The van der Waals surface area contributed by atoms with Crippen LogP contribution in [0.4, 0.5) is 0 Å². The Morgan fingerprint density at radius 1 is 0.571 bits per heavy atom. The van der Waals surface area contributed by atoms with E-state index in [1.165, 1.54) is 5.56 Å². The van der Waals surface area contributed by atoms with E-state index in [-0.39, 0.29) is 0 Å². The van der Waals surface area contributed by atoms with Gasteiger partial charge in [-0.15, -0.1) is 0 Å². The lowest BCUT2D eigenvalue weighted by Crippen LogP contribution is -2.36. The van der Waals surface area contributed by atoms with E-state index in [1.54, 1.807) is 0 Å². The quantitative estimate of drug-likeness (QED) is 0.168. The third kappa shape index (κ3) is 5.75. The SMILES string of the molecule is CC(C)[SiH](OCc1ccc(OC(c2ccccc2)(c2ccccc2)c2ccccc2)cc1)C(C)C. The molecule has 0 aromatic heterocycles. The van der Waals surface area contributed by atoms with Gasteiger partial charge in [-0.1, -0.05) is 131 Å². The summed E-state index contributed by atoms with van der Waals surface area (Å²) in [6.45, 7) is 9.79. The Kier molecular flexibility index (Phi) is 8.22. The highest BCUT2D eigenvalue weighted by Crippen LogP contribution is 2.41. The zero-order valence-electron chi connectivity index (χ0n) is 21.2.